The first-order valence-corrected chi connectivity index (χ1v) is 7.23. The van der Waals surface area contributed by atoms with Crippen LogP contribution in [0.2, 0.25) is 5.02 Å². The van der Waals surface area contributed by atoms with Gasteiger partial charge in [0.15, 0.2) is 11.5 Å². The summed E-state index contributed by atoms with van der Waals surface area (Å²) >= 11 is 6.22. The molecule has 0 unspecified atom stereocenters. The van der Waals surface area contributed by atoms with Gasteiger partial charge in [-0.2, -0.15) is 0 Å². The molecule has 0 atom stereocenters. The molecule has 6 heteroatoms. The third-order valence-corrected chi connectivity index (χ3v) is 4.56. The molecule has 1 aliphatic rings. The van der Waals surface area contributed by atoms with Crippen LogP contribution in [0.25, 0.3) is 0 Å². The van der Waals surface area contributed by atoms with E-state index >= 15 is 0 Å². The van der Waals surface area contributed by atoms with Gasteiger partial charge in [0, 0.05) is 11.6 Å². The monoisotopic (exact) mass is 314 g/mol. The van der Waals surface area contributed by atoms with Crippen LogP contribution < -0.4 is 9.47 Å². The van der Waals surface area contributed by atoms with E-state index in [0.29, 0.717) is 18.4 Å². The maximum atomic E-state index is 12.0. The molecule has 1 aromatic carbocycles. The number of rotatable bonds is 4. The first kappa shape index (κ1) is 15.8. The van der Waals surface area contributed by atoms with Crippen molar-refractivity contribution in [1.29, 1.82) is 0 Å². The Labute approximate surface area is 128 Å². The number of carboxylic acids is 1. The lowest BCUT2D eigenvalue weighted by Gasteiger charge is -2.35. The van der Waals surface area contributed by atoms with Crippen molar-refractivity contribution in [3.8, 4) is 17.2 Å². The smallest absolute Gasteiger partial charge is 0.314 e. The molecule has 0 bridgehead atoms. The molecule has 1 aliphatic carbocycles. The van der Waals surface area contributed by atoms with Crippen molar-refractivity contribution >= 4 is 17.6 Å². The van der Waals surface area contributed by atoms with Gasteiger partial charge in [-0.3, -0.25) is 4.79 Å². The van der Waals surface area contributed by atoms with Crippen LogP contribution in [0.15, 0.2) is 6.07 Å². The molecule has 0 heterocycles. The van der Waals surface area contributed by atoms with Gasteiger partial charge in [-0.1, -0.05) is 30.9 Å². The van der Waals surface area contributed by atoms with Crippen molar-refractivity contribution in [2.24, 2.45) is 0 Å². The minimum atomic E-state index is -1.15. The van der Waals surface area contributed by atoms with Crippen molar-refractivity contribution < 1.29 is 24.5 Å². The molecular formula is C15H19ClO5. The number of aromatic hydroxyl groups is 1. The summed E-state index contributed by atoms with van der Waals surface area (Å²) in [5.41, 5.74) is -0.831. The first-order chi connectivity index (χ1) is 9.97. The predicted octanol–water partition coefficient (Wildman–Crippen LogP) is 3.35. The Kier molecular flexibility index (Phi) is 4.52. The van der Waals surface area contributed by atoms with Gasteiger partial charge in [0.25, 0.3) is 0 Å². The predicted molar refractivity (Wildman–Crippen MR) is 78.6 cm³/mol. The zero-order valence-electron chi connectivity index (χ0n) is 12.1. The summed E-state index contributed by atoms with van der Waals surface area (Å²) in [6.45, 7) is 0. The lowest BCUT2D eigenvalue weighted by molar-refractivity contribution is -0.145. The van der Waals surface area contributed by atoms with Crippen LogP contribution in [-0.4, -0.2) is 30.4 Å². The van der Waals surface area contributed by atoms with Crippen molar-refractivity contribution in [2.75, 3.05) is 14.2 Å². The number of hydrogen-bond acceptors (Lipinski definition) is 4. The fraction of sp³-hybridized carbons (Fsp3) is 0.533. The van der Waals surface area contributed by atoms with Crippen LogP contribution in [0.4, 0.5) is 0 Å². The van der Waals surface area contributed by atoms with Crippen LogP contribution in [0.5, 0.6) is 17.2 Å². The number of phenols is 1. The van der Waals surface area contributed by atoms with Crippen LogP contribution in [-0.2, 0) is 10.2 Å². The number of methoxy groups -OCH3 is 2. The van der Waals surface area contributed by atoms with Crippen molar-refractivity contribution in [1.82, 2.24) is 0 Å². The second-order valence-electron chi connectivity index (χ2n) is 5.27. The Morgan fingerprint density at radius 3 is 2.33 bits per heavy atom. The first-order valence-electron chi connectivity index (χ1n) is 6.85. The summed E-state index contributed by atoms with van der Waals surface area (Å²) in [6, 6.07) is 1.34. The molecule has 0 amide bonds. The highest BCUT2D eigenvalue weighted by Gasteiger charge is 2.46. The molecule has 1 fully saturated rings. The molecule has 0 aromatic heterocycles. The fourth-order valence-corrected chi connectivity index (χ4v) is 3.43. The van der Waals surface area contributed by atoms with E-state index in [1.54, 1.807) is 0 Å². The zero-order valence-corrected chi connectivity index (χ0v) is 12.9. The van der Waals surface area contributed by atoms with Gasteiger partial charge in [0.2, 0.25) is 0 Å². The quantitative estimate of drug-likeness (QED) is 0.891. The molecule has 0 saturated heterocycles. The van der Waals surface area contributed by atoms with Crippen LogP contribution in [0, 0.1) is 0 Å². The van der Waals surface area contributed by atoms with Gasteiger partial charge < -0.3 is 19.7 Å². The molecule has 21 heavy (non-hydrogen) atoms. The third kappa shape index (κ3) is 2.50. The van der Waals surface area contributed by atoms with Crippen LogP contribution in [0.1, 0.15) is 37.7 Å². The van der Waals surface area contributed by atoms with Crippen molar-refractivity contribution in [3.05, 3.63) is 16.7 Å². The minimum Gasteiger partial charge on any atom is -0.506 e. The van der Waals surface area contributed by atoms with Gasteiger partial charge >= 0.3 is 5.97 Å². The van der Waals surface area contributed by atoms with Gasteiger partial charge in [-0.15, -0.1) is 0 Å². The Hall–Kier alpha value is -1.62. The number of phenolic OH excluding ortho intramolecular Hbond substituents is 1. The van der Waals surface area contributed by atoms with Crippen molar-refractivity contribution in [2.45, 2.75) is 37.5 Å². The Morgan fingerprint density at radius 2 is 1.86 bits per heavy atom. The topological polar surface area (TPSA) is 76.0 Å². The van der Waals surface area contributed by atoms with E-state index in [2.05, 4.69) is 0 Å². The summed E-state index contributed by atoms with van der Waals surface area (Å²) in [5.74, 6) is -0.587. The molecule has 0 radical (unpaired) electrons. The molecule has 2 rings (SSSR count). The largest absolute Gasteiger partial charge is 0.506 e. The summed E-state index contributed by atoms with van der Waals surface area (Å²) in [4.78, 5) is 12.0. The summed E-state index contributed by atoms with van der Waals surface area (Å²) in [7, 11) is 2.87. The number of benzene rings is 1. The molecule has 2 N–H and O–H groups in total. The number of carboxylic acid groups (broad SMARTS) is 1. The second kappa shape index (κ2) is 6.02. The summed E-state index contributed by atoms with van der Waals surface area (Å²) in [5, 5.41) is 19.8. The summed E-state index contributed by atoms with van der Waals surface area (Å²) < 4.78 is 10.5. The lowest BCUT2D eigenvalue weighted by atomic mass is 9.69. The minimum absolute atomic E-state index is 0.0250. The molecule has 0 spiro atoms. The van der Waals surface area contributed by atoms with E-state index in [0.717, 1.165) is 19.3 Å². The standard InChI is InChI=1S/C15H19ClO5/c1-20-10-8-9(17)12(16)11(13(10)21-2)15(14(18)19)6-4-3-5-7-15/h8,17H,3-7H2,1-2H3,(H,18,19). The van der Waals surface area contributed by atoms with Gasteiger partial charge in [0.1, 0.15) is 5.75 Å². The number of hydrogen-bond donors (Lipinski definition) is 2. The number of aliphatic carboxylic acids is 1. The normalized spacial score (nSPS) is 17.3. The molecule has 5 nitrogen and oxygen atoms in total. The highest BCUT2D eigenvalue weighted by molar-refractivity contribution is 6.33. The van der Waals surface area contributed by atoms with Gasteiger partial charge in [-0.05, 0) is 12.8 Å². The zero-order chi connectivity index (χ0) is 15.6. The number of carbonyl (C=O) groups is 1. The van der Waals surface area contributed by atoms with E-state index < -0.39 is 11.4 Å². The average molecular weight is 315 g/mol. The molecular weight excluding hydrogens is 296 g/mol. The van der Waals surface area contributed by atoms with E-state index in [1.807, 2.05) is 0 Å². The van der Waals surface area contributed by atoms with Gasteiger partial charge in [-0.25, -0.2) is 0 Å². The Balaban J connectivity index is 2.75. The van der Waals surface area contributed by atoms with Crippen LogP contribution >= 0.6 is 11.6 Å². The molecule has 0 aliphatic heterocycles. The second-order valence-corrected chi connectivity index (χ2v) is 5.65. The highest BCUT2D eigenvalue weighted by atomic mass is 35.5. The Bertz CT molecular complexity index is 549. The Morgan fingerprint density at radius 1 is 1.24 bits per heavy atom. The highest BCUT2D eigenvalue weighted by Crippen LogP contribution is 2.52. The molecule has 1 saturated carbocycles. The molecule has 116 valence electrons. The lowest BCUT2D eigenvalue weighted by Crippen LogP contribution is -2.38. The maximum absolute atomic E-state index is 12.0. The fourth-order valence-electron chi connectivity index (χ4n) is 3.11. The third-order valence-electron chi connectivity index (χ3n) is 4.18. The molecule has 1 aromatic rings. The van der Waals surface area contributed by atoms with E-state index in [-0.39, 0.29) is 22.3 Å². The van der Waals surface area contributed by atoms with E-state index in [1.165, 1.54) is 20.3 Å². The maximum Gasteiger partial charge on any atom is 0.314 e. The summed E-state index contributed by atoms with van der Waals surface area (Å²) in [6.07, 6.45) is 3.51. The number of halogens is 1. The van der Waals surface area contributed by atoms with Crippen molar-refractivity contribution in [3.63, 3.8) is 0 Å². The van der Waals surface area contributed by atoms with E-state index in [9.17, 15) is 15.0 Å². The van der Waals surface area contributed by atoms with E-state index in [4.69, 9.17) is 21.1 Å². The SMILES string of the molecule is COc1cc(O)c(Cl)c(C2(C(=O)O)CCCCC2)c1OC. The van der Waals surface area contributed by atoms with Gasteiger partial charge in [0.05, 0.1) is 24.7 Å². The average Bonchev–Trinajstić information content (AvgIpc) is 2.49. The van der Waals surface area contributed by atoms with Crippen LogP contribution in [0.3, 0.4) is 0 Å². The number of ether oxygens (including phenoxy) is 2.